The van der Waals surface area contributed by atoms with Crippen LogP contribution in [0.25, 0.3) is 0 Å². The van der Waals surface area contributed by atoms with Gasteiger partial charge in [-0.05, 0) is 12.0 Å². The predicted octanol–water partition coefficient (Wildman–Crippen LogP) is 3.43. The standard InChI is InChI=1S/C18H31N3O3.HI/c1-7-13(8-2)11-20-18(19-3)21-12-14-9-16(23-5)17(24-6)10-15(14)22-4;/h9-10,13H,7-8,11-12H2,1-6H3,(H2,19,20,21);1H. The summed E-state index contributed by atoms with van der Waals surface area (Å²) in [5.74, 6) is 3.50. The van der Waals surface area contributed by atoms with E-state index in [0.717, 1.165) is 36.7 Å². The van der Waals surface area contributed by atoms with Gasteiger partial charge in [0.15, 0.2) is 17.5 Å². The average Bonchev–Trinajstić information content (AvgIpc) is 2.63. The van der Waals surface area contributed by atoms with Crippen LogP contribution in [-0.4, -0.2) is 40.9 Å². The van der Waals surface area contributed by atoms with Gasteiger partial charge in [0.2, 0.25) is 0 Å². The Morgan fingerprint density at radius 3 is 2.00 bits per heavy atom. The molecule has 2 N–H and O–H groups in total. The summed E-state index contributed by atoms with van der Waals surface area (Å²) in [6, 6.07) is 3.75. The number of halogens is 1. The molecule has 0 spiro atoms. The largest absolute Gasteiger partial charge is 0.496 e. The molecule has 25 heavy (non-hydrogen) atoms. The molecule has 0 aliphatic heterocycles. The van der Waals surface area contributed by atoms with Gasteiger partial charge in [-0.2, -0.15) is 0 Å². The second kappa shape index (κ2) is 12.9. The number of hydrogen-bond acceptors (Lipinski definition) is 4. The van der Waals surface area contributed by atoms with Gasteiger partial charge >= 0.3 is 0 Å². The molecule has 0 fully saturated rings. The van der Waals surface area contributed by atoms with E-state index >= 15 is 0 Å². The van der Waals surface area contributed by atoms with E-state index in [1.165, 1.54) is 0 Å². The van der Waals surface area contributed by atoms with Crippen molar-refractivity contribution in [1.82, 2.24) is 10.6 Å². The first-order valence-electron chi connectivity index (χ1n) is 8.36. The summed E-state index contributed by atoms with van der Waals surface area (Å²) in [7, 11) is 6.65. The first-order chi connectivity index (χ1) is 11.6. The van der Waals surface area contributed by atoms with E-state index in [9.17, 15) is 0 Å². The molecule has 0 bridgehead atoms. The molecular weight excluding hydrogens is 433 g/mol. The van der Waals surface area contributed by atoms with E-state index in [-0.39, 0.29) is 24.0 Å². The fraction of sp³-hybridized carbons (Fsp3) is 0.611. The number of ether oxygens (including phenoxy) is 3. The minimum atomic E-state index is 0. The van der Waals surface area contributed by atoms with E-state index in [1.54, 1.807) is 28.4 Å². The van der Waals surface area contributed by atoms with Gasteiger partial charge in [-0.15, -0.1) is 24.0 Å². The lowest BCUT2D eigenvalue weighted by atomic mass is 10.0. The van der Waals surface area contributed by atoms with E-state index in [0.29, 0.717) is 24.0 Å². The minimum absolute atomic E-state index is 0. The van der Waals surface area contributed by atoms with Crippen molar-refractivity contribution in [2.45, 2.75) is 33.2 Å². The molecule has 0 saturated heterocycles. The van der Waals surface area contributed by atoms with E-state index in [2.05, 4.69) is 29.5 Å². The van der Waals surface area contributed by atoms with Gasteiger partial charge in [-0.3, -0.25) is 4.99 Å². The SMILES string of the molecule is CCC(CC)CNC(=NC)NCc1cc(OC)c(OC)cc1OC.I. The van der Waals surface area contributed by atoms with Crippen LogP contribution in [0.5, 0.6) is 17.2 Å². The van der Waals surface area contributed by atoms with Crippen molar-refractivity contribution >= 4 is 29.9 Å². The van der Waals surface area contributed by atoms with Crippen molar-refractivity contribution in [2.75, 3.05) is 34.9 Å². The molecule has 0 saturated carbocycles. The highest BCUT2D eigenvalue weighted by Gasteiger charge is 2.12. The van der Waals surface area contributed by atoms with Gasteiger partial charge in [0.1, 0.15) is 5.75 Å². The summed E-state index contributed by atoms with van der Waals surface area (Å²) in [6.45, 7) is 5.91. The number of hydrogen-bond donors (Lipinski definition) is 2. The quantitative estimate of drug-likeness (QED) is 0.333. The number of rotatable bonds is 9. The first kappa shape index (κ1) is 23.6. The molecule has 0 aliphatic rings. The molecule has 7 heteroatoms. The number of benzene rings is 1. The Bertz CT molecular complexity index is 535. The Morgan fingerprint density at radius 1 is 0.960 bits per heavy atom. The van der Waals surface area contributed by atoms with Crippen molar-refractivity contribution in [1.29, 1.82) is 0 Å². The van der Waals surface area contributed by atoms with Crippen LogP contribution in [0.1, 0.15) is 32.3 Å². The van der Waals surface area contributed by atoms with Gasteiger partial charge in [0.25, 0.3) is 0 Å². The summed E-state index contributed by atoms with van der Waals surface area (Å²) < 4.78 is 16.1. The molecule has 144 valence electrons. The molecule has 6 nitrogen and oxygen atoms in total. The average molecular weight is 465 g/mol. The Hall–Kier alpha value is -1.38. The van der Waals surface area contributed by atoms with Gasteiger partial charge in [-0.25, -0.2) is 0 Å². The minimum Gasteiger partial charge on any atom is -0.496 e. The summed E-state index contributed by atoms with van der Waals surface area (Å²) in [4.78, 5) is 4.27. The highest BCUT2D eigenvalue weighted by atomic mass is 127. The summed E-state index contributed by atoms with van der Waals surface area (Å²) in [6.07, 6.45) is 2.31. The molecule has 0 heterocycles. The number of guanidine groups is 1. The van der Waals surface area contributed by atoms with E-state index < -0.39 is 0 Å². The Balaban J connectivity index is 0.00000576. The molecule has 1 aromatic carbocycles. The Kier molecular flexibility index (Phi) is 12.2. The van der Waals surface area contributed by atoms with Crippen LogP contribution >= 0.6 is 24.0 Å². The second-order valence-corrected chi connectivity index (χ2v) is 5.51. The normalized spacial score (nSPS) is 10.9. The smallest absolute Gasteiger partial charge is 0.191 e. The second-order valence-electron chi connectivity index (χ2n) is 5.51. The van der Waals surface area contributed by atoms with Crippen LogP contribution in [0.2, 0.25) is 0 Å². The lowest BCUT2D eigenvalue weighted by Gasteiger charge is -2.18. The summed E-state index contributed by atoms with van der Waals surface area (Å²) in [5.41, 5.74) is 0.973. The first-order valence-corrected chi connectivity index (χ1v) is 8.36. The topological polar surface area (TPSA) is 64.1 Å². The van der Waals surface area contributed by atoms with Gasteiger partial charge < -0.3 is 24.8 Å². The zero-order valence-electron chi connectivity index (χ0n) is 16.1. The van der Waals surface area contributed by atoms with Crippen molar-refractivity contribution in [3.63, 3.8) is 0 Å². The zero-order chi connectivity index (χ0) is 17.9. The van der Waals surface area contributed by atoms with Crippen molar-refractivity contribution in [2.24, 2.45) is 10.9 Å². The molecule has 0 amide bonds. The van der Waals surface area contributed by atoms with Crippen LogP contribution in [0.3, 0.4) is 0 Å². The van der Waals surface area contributed by atoms with Gasteiger partial charge in [0, 0.05) is 31.8 Å². The van der Waals surface area contributed by atoms with Crippen LogP contribution in [0, 0.1) is 5.92 Å². The third-order valence-electron chi connectivity index (χ3n) is 4.17. The molecule has 1 aromatic rings. The molecule has 0 unspecified atom stereocenters. The van der Waals surface area contributed by atoms with Crippen LogP contribution < -0.4 is 24.8 Å². The Morgan fingerprint density at radius 2 is 1.52 bits per heavy atom. The van der Waals surface area contributed by atoms with Crippen molar-refractivity contribution < 1.29 is 14.2 Å². The fourth-order valence-electron chi connectivity index (χ4n) is 2.45. The molecule has 0 radical (unpaired) electrons. The number of aliphatic imine (C=N–C) groups is 1. The maximum atomic E-state index is 5.45. The summed E-state index contributed by atoms with van der Waals surface area (Å²) >= 11 is 0. The van der Waals surface area contributed by atoms with E-state index in [1.807, 2.05) is 12.1 Å². The Labute approximate surface area is 168 Å². The number of nitrogens with zero attached hydrogens (tertiary/aromatic N) is 1. The van der Waals surface area contributed by atoms with Crippen molar-refractivity contribution in [3.05, 3.63) is 17.7 Å². The lowest BCUT2D eigenvalue weighted by Crippen LogP contribution is -2.39. The highest BCUT2D eigenvalue weighted by molar-refractivity contribution is 14.0. The van der Waals surface area contributed by atoms with Gasteiger partial charge in [-0.1, -0.05) is 26.7 Å². The molecule has 0 aromatic heterocycles. The predicted molar refractivity (Wildman–Crippen MR) is 114 cm³/mol. The van der Waals surface area contributed by atoms with E-state index in [4.69, 9.17) is 14.2 Å². The van der Waals surface area contributed by atoms with Crippen LogP contribution in [-0.2, 0) is 6.54 Å². The van der Waals surface area contributed by atoms with Crippen LogP contribution in [0.4, 0.5) is 0 Å². The fourth-order valence-corrected chi connectivity index (χ4v) is 2.45. The molecular formula is C18H32IN3O3. The third kappa shape index (κ3) is 7.17. The summed E-state index contributed by atoms with van der Waals surface area (Å²) in [5, 5.41) is 6.69. The third-order valence-corrected chi connectivity index (χ3v) is 4.17. The lowest BCUT2D eigenvalue weighted by molar-refractivity contribution is 0.347. The highest BCUT2D eigenvalue weighted by Crippen LogP contribution is 2.34. The monoisotopic (exact) mass is 465 g/mol. The van der Waals surface area contributed by atoms with Crippen LogP contribution in [0.15, 0.2) is 17.1 Å². The maximum absolute atomic E-state index is 5.45. The number of methoxy groups -OCH3 is 3. The molecule has 1 rings (SSSR count). The van der Waals surface area contributed by atoms with Gasteiger partial charge in [0.05, 0.1) is 21.3 Å². The van der Waals surface area contributed by atoms with Crippen molar-refractivity contribution in [3.8, 4) is 17.2 Å². The number of nitrogens with one attached hydrogen (secondary N) is 2. The maximum Gasteiger partial charge on any atom is 0.191 e. The zero-order valence-corrected chi connectivity index (χ0v) is 18.5. The molecule has 0 aliphatic carbocycles. The molecule has 0 atom stereocenters.